The number of aromatic nitrogens is 1. The summed E-state index contributed by atoms with van der Waals surface area (Å²) in [5, 5.41) is 3.88. The Bertz CT molecular complexity index is 1370. The lowest BCUT2D eigenvalue weighted by Gasteiger charge is -2.32. The molecule has 172 valence electrons. The largest absolute Gasteiger partial charge is 0.459 e. The van der Waals surface area contributed by atoms with Crippen molar-refractivity contribution in [1.82, 2.24) is 10.3 Å². The summed E-state index contributed by atoms with van der Waals surface area (Å²) in [6.45, 7) is 1.88. The maximum atomic E-state index is 13.7. The predicted octanol–water partition coefficient (Wildman–Crippen LogP) is 5.06. The van der Waals surface area contributed by atoms with Gasteiger partial charge in [-0.2, -0.15) is 0 Å². The molecule has 9 heteroatoms. The maximum absolute atomic E-state index is 13.7. The summed E-state index contributed by atoms with van der Waals surface area (Å²) in [7, 11) is 0. The first kappa shape index (κ1) is 22.1. The Morgan fingerprint density at radius 3 is 2.68 bits per heavy atom. The number of para-hydroxylation sites is 1. The second-order valence-electron chi connectivity index (χ2n) is 7.94. The zero-order valence-corrected chi connectivity index (χ0v) is 18.9. The number of amides is 2. The van der Waals surface area contributed by atoms with E-state index in [1.54, 1.807) is 13.0 Å². The van der Waals surface area contributed by atoms with Crippen LogP contribution in [0, 0.1) is 11.6 Å². The average molecular weight is 480 g/mol. The van der Waals surface area contributed by atoms with Crippen molar-refractivity contribution in [2.45, 2.75) is 30.3 Å². The fourth-order valence-electron chi connectivity index (χ4n) is 3.85. The highest BCUT2D eigenvalue weighted by molar-refractivity contribution is 8.00. The third-order valence-electron chi connectivity index (χ3n) is 5.45. The monoisotopic (exact) mass is 479 g/mol. The third-order valence-corrected chi connectivity index (χ3v) is 6.54. The molecule has 1 aliphatic heterocycles. The van der Waals surface area contributed by atoms with Crippen molar-refractivity contribution in [3.63, 3.8) is 0 Å². The number of fused-ring (bicyclic) bond motifs is 2. The average Bonchev–Trinajstić information content (AvgIpc) is 3.23. The number of nitrogens with zero attached hydrogens (tertiary/aromatic N) is 2. The molecule has 2 amide bonds. The molecule has 2 aromatic carbocycles. The molecule has 34 heavy (non-hydrogen) atoms. The number of hydrogen-bond acceptors (Lipinski definition) is 5. The molecule has 0 saturated heterocycles. The standard InChI is InChI=1S/C25H19F2N3O3S/c1-14-25(32)30(13-15-6-18(26)10-19(27)7-15)21-9-17(11-29-24(21)34-14)23(31)28-12-20-8-16-4-2-3-5-22(16)33-20/h2-11,14H,12-13H2,1H3,(H,28,31). The van der Waals surface area contributed by atoms with Crippen LogP contribution in [0.1, 0.15) is 28.6 Å². The number of rotatable bonds is 5. The molecule has 1 N–H and O–H groups in total. The molecule has 0 aliphatic carbocycles. The molecule has 0 saturated carbocycles. The van der Waals surface area contributed by atoms with Crippen molar-refractivity contribution in [2.75, 3.05) is 4.90 Å². The summed E-state index contributed by atoms with van der Waals surface area (Å²) in [4.78, 5) is 31.5. The first-order valence-corrected chi connectivity index (χ1v) is 11.4. The van der Waals surface area contributed by atoms with E-state index in [1.165, 1.54) is 35.0 Å². The number of thioether (sulfide) groups is 1. The normalized spacial score (nSPS) is 15.4. The van der Waals surface area contributed by atoms with Gasteiger partial charge in [0.15, 0.2) is 0 Å². The van der Waals surface area contributed by atoms with Gasteiger partial charge in [-0.15, -0.1) is 0 Å². The fraction of sp³-hybridized carbons (Fsp3) is 0.160. The molecular formula is C25H19F2N3O3S. The van der Waals surface area contributed by atoms with Gasteiger partial charge in [0.1, 0.15) is 28.0 Å². The molecule has 1 unspecified atom stereocenters. The third kappa shape index (κ3) is 4.38. The van der Waals surface area contributed by atoms with Crippen LogP contribution in [0.4, 0.5) is 14.5 Å². The second kappa shape index (κ2) is 8.90. The van der Waals surface area contributed by atoms with E-state index in [1.807, 2.05) is 30.3 Å². The quantitative estimate of drug-likeness (QED) is 0.433. The van der Waals surface area contributed by atoms with E-state index >= 15 is 0 Å². The van der Waals surface area contributed by atoms with Crippen molar-refractivity contribution >= 4 is 40.2 Å². The number of benzene rings is 2. The lowest BCUT2D eigenvalue weighted by molar-refractivity contribution is -0.118. The van der Waals surface area contributed by atoms with Crippen LogP contribution in [0.3, 0.4) is 0 Å². The zero-order chi connectivity index (χ0) is 23.8. The summed E-state index contributed by atoms with van der Waals surface area (Å²) < 4.78 is 33.1. The smallest absolute Gasteiger partial charge is 0.253 e. The van der Waals surface area contributed by atoms with E-state index < -0.39 is 16.9 Å². The number of anilines is 1. The van der Waals surface area contributed by atoms with Gasteiger partial charge in [-0.25, -0.2) is 13.8 Å². The maximum Gasteiger partial charge on any atom is 0.253 e. The molecular weight excluding hydrogens is 460 g/mol. The van der Waals surface area contributed by atoms with Crippen molar-refractivity contribution in [1.29, 1.82) is 0 Å². The van der Waals surface area contributed by atoms with E-state index in [0.717, 1.165) is 17.0 Å². The van der Waals surface area contributed by atoms with Crippen molar-refractivity contribution in [3.05, 3.63) is 89.3 Å². The van der Waals surface area contributed by atoms with Gasteiger partial charge in [-0.1, -0.05) is 30.0 Å². The van der Waals surface area contributed by atoms with Gasteiger partial charge in [0.25, 0.3) is 5.91 Å². The summed E-state index contributed by atoms with van der Waals surface area (Å²) in [6, 6.07) is 14.1. The van der Waals surface area contributed by atoms with E-state index in [0.29, 0.717) is 22.0 Å². The van der Waals surface area contributed by atoms with Crippen LogP contribution in [0.5, 0.6) is 0 Å². The molecule has 0 radical (unpaired) electrons. The number of carbonyl (C=O) groups is 2. The molecule has 1 atom stereocenters. The number of halogens is 2. The van der Waals surface area contributed by atoms with Crippen LogP contribution < -0.4 is 10.2 Å². The van der Waals surface area contributed by atoms with Crippen molar-refractivity contribution < 1.29 is 22.8 Å². The van der Waals surface area contributed by atoms with Crippen LogP contribution in [-0.2, 0) is 17.9 Å². The van der Waals surface area contributed by atoms with E-state index in [2.05, 4.69) is 10.3 Å². The van der Waals surface area contributed by atoms with E-state index in [4.69, 9.17) is 4.42 Å². The SMILES string of the molecule is CC1Sc2ncc(C(=O)NCc3cc4ccccc4o3)cc2N(Cc2cc(F)cc(F)c2)C1=O. The molecule has 6 nitrogen and oxygen atoms in total. The lowest BCUT2D eigenvalue weighted by Crippen LogP contribution is -2.39. The van der Waals surface area contributed by atoms with Crippen LogP contribution >= 0.6 is 11.8 Å². The van der Waals surface area contributed by atoms with Crippen LogP contribution in [0.15, 0.2) is 70.2 Å². The molecule has 5 rings (SSSR count). The van der Waals surface area contributed by atoms with Gasteiger partial charge in [-0.3, -0.25) is 9.59 Å². The highest BCUT2D eigenvalue weighted by Gasteiger charge is 2.32. The van der Waals surface area contributed by atoms with Gasteiger partial charge < -0.3 is 14.6 Å². The Kier molecular flexibility index (Phi) is 5.79. The number of hydrogen-bond donors (Lipinski definition) is 1. The second-order valence-corrected chi connectivity index (χ2v) is 9.27. The molecule has 0 fully saturated rings. The lowest BCUT2D eigenvalue weighted by atomic mass is 10.1. The molecule has 1 aliphatic rings. The van der Waals surface area contributed by atoms with Gasteiger partial charge in [0, 0.05) is 17.6 Å². The predicted molar refractivity (Wildman–Crippen MR) is 124 cm³/mol. The molecule has 2 aromatic heterocycles. The molecule has 0 bridgehead atoms. The van der Waals surface area contributed by atoms with Gasteiger partial charge in [0.2, 0.25) is 5.91 Å². The van der Waals surface area contributed by atoms with Gasteiger partial charge in [0.05, 0.1) is 29.6 Å². The summed E-state index contributed by atoms with van der Waals surface area (Å²) in [5.41, 5.74) is 1.72. The fourth-order valence-corrected chi connectivity index (χ4v) is 4.81. The Hall–Kier alpha value is -3.72. The first-order valence-electron chi connectivity index (χ1n) is 10.6. The number of furan rings is 1. The molecule has 4 aromatic rings. The topological polar surface area (TPSA) is 75.4 Å². The number of carbonyl (C=O) groups excluding carboxylic acids is 2. The Morgan fingerprint density at radius 2 is 1.91 bits per heavy atom. The molecule has 3 heterocycles. The van der Waals surface area contributed by atoms with Crippen molar-refractivity contribution in [3.8, 4) is 0 Å². The highest BCUT2D eigenvalue weighted by Crippen LogP contribution is 2.39. The Labute approximate surface area is 198 Å². The van der Waals surface area contributed by atoms with Crippen LogP contribution in [0.2, 0.25) is 0 Å². The minimum atomic E-state index is -0.723. The number of pyridine rings is 1. The van der Waals surface area contributed by atoms with Gasteiger partial charge >= 0.3 is 0 Å². The first-order chi connectivity index (χ1) is 16.4. The Morgan fingerprint density at radius 1 is 1.15 bits per heavy atom. The Balaban J connectivity index is 1.38. The minimum Gasteiger partial charge on any atom is -0.459 e. The van der Waals surface area contributed by atoms with Crippen molar-refractivity contribution in [2.24, 2.45) is 0 Å². The highest BCUT2D eigenvalue weighted by atomic mass is 32.2. The van der Waals surface area contributed by atoms with Crippen LogP contribution in [-0.4, -0.2) is 22.0 Å². The zero-order valence-electron chi connectivity index (χ0n) is 18.0. The number of nitrogens with one attached hydrogen (secondary N) is 1. The summed E-state index contributed by atoms with van der Waals surface area (Å²) in [5.74, 6) is -1.46. The minimum absolute atomic E-state index is 0.0445. The van der Waals surface area contributed by atoms with E-state index in [-0.39, 0.29) is 30.5 Å². The van der Waals surface area contributed by atoms with Gasteiger partial charge in [-0.05, 0) is 42.8 Å². The summed E-state index contributed by atoms with van der Waals surface area (Å²) in [6.07, 6.45) is 1.45. The van der Waals surface area contributed by atoms with E-state index in [9.17, 15) is 18.4 Å². The summed E-state index contributed by atoms with van der Waals surface area (Å²) >= 11 is 1.28. The molecule has 0 spiro atoms. The van der Waals surface area contributed by atoms with Crippen LogP contribution in [0.25, 0.3) is 11.0 Å².